The lowest BCUT2D eigenvalue weighted by Gasteiger charge is -2.18. The molecule has 0 aromatic heterocycles. The fourth-order valence-electron chi connectivity index (χ4n) is 8.26. The number of allylic oxidation sites excluding steroid dienone is 10. The number of ether oxygens (including phenoxy) is 3. The summed E-state index contributed by atoms with van der Waals surface area (Å²) >= 11 is 0. The summed E-state index contributed by atoms with van der Waals surface area (Å²) in [4.78, 5) is 25.5. The molecule has 0 N–H and O–H groups in total. The van der Waals surface area contributed by atoms with Crippen LogP contribution in [0.5, 0.6) is 0 Å². The standard InChI is InChI=1S/C61H110O5/c1-4-7-10-13-16-19-22-25-28-30-31-33-34-36-39-42-45-48-51-54-60(62)65-58-59(57-64-56-53-50-47-44-41-38-27-24-21-18-15-12-9-6-3)66-61(63)55-52-49-46-43-40-37-35-32-29-26-23-20-17-14-11-8-5-2/h8,11,17,20-21,24,26,29,35,37,59H,4-7,9-10,12-16,18-19,22-23,25,27-28,30-34,36,38-58H2,1-3H3/b11-8-,20-17-,24-21-,29-26-,37-35-. The molecule has 0 saturated heterocycles. The number of hydrogen-bond acceptors (Lipinski definition) is 5. The van der Waals surface area contributed by atoms with Crippen LogP contribution in [0, 0.1) is 0 Å². The first-order chi connectivity index (χ1) is 32.6. The zero-order valence-electron chi connectivity index (χ0n) is 44.2. The lowest BCUT2D eigenvalue weighted by atomic mass is 10.0. The highest BCUT2D eigenvalue weighted by atomic mass is 16.6. The summed E-state index contributed by atoms with van der Waals surface area (Å²) in [6.45, 7) is 7.71. The van der Waals surface area contributed by atoms with Gasteiger partial charge in [-0.05, 0) is 83.5 Å². The Morgan fingerprint density at radius 3 is 1.12 bits per heavy atom. The third-order valence-electron chi connectivity index (χ3n) is 12.5. The predicted molar refractivity (Wildman–Crippen MR) is 288 cm³/mol. The van der Waals surface area contributed by atoms with E-state index < -0.39 is 6.10 Å². The van der Waals surface area contributed by atoms with Crippen molar-refractivity contribution in [3.63, 3.8) is 0 Å². The molecule has 0 bridgehead atoms. The van der Waals surface area contributed by atoms with Crippen LogP contribution in [0.25, 0.3) is 0 Å². The molecule has 0 amide bonds. The summed E-state index contributed by atoms with van der Waals surface area (Å²) in [6.07, 6.45) is 72.4. The summed E-state index contributed by atoms with van der Waals surface area (Å²) in [5.41, 5.74) is 0. The van der Waals surface area contributed by atoms with Gasteiger partial charge in [0.2, 0.25) is 0 Å². The van der Waals surface area contributed by atoms with E-state index in [1.165, 1.54) is 173 Å². The summed E-state index contributed by atoms with van der Waals surface area (Å²) in [5, 5.41) is 0. The van der Waals surface area contributed by atoms with Crippen molar-refractivity contribution in [2.75, 3.05) is 19.8 Å². The van der Waals surface area contributed by atoms with E-state index in [-0.39, 0.29) is 25.2 Å². The highest BCUT2D eigenvalue weighted by Crippen LogP contribution is 2.16. The van der Waals surface area contributed by atoms with Gasteiger partial charge in [-0.3, -0.25) is 9.59 Å². The normalized spacial score (nSPS) is 12.6. The number of carbonyl (C=O) groups excluding carboxylic acids is 2. The number of hydrogen-bond donors (Lipinski definition) is 0. The lowest BCUT2D eigenvalue weighted by Crippen LogP contribution is -2.30. The van der Waals surface area contributed by atoms with E-state index in [1.807, 2.05) is 0 Å². The first-order valence-corrected chi connectivity index (χ1v) is 28.8. The Bertz CT molecular complexity index is 1130. The van der Waals surface area contributed by atoms with Crippen molar-refractivity contribution >= 4 is 11.9 Å². The van der Waals surface area contributed by atoms with Crippen LogP contribution in [0.3, 0.4) is 0 Å². The zero-order valence-corrected chi connectivity index (χ0v) is 44.2. The largest absolute Gasteiger partial charge is 0.462 e. The number of unbranched alkanes of at least 4 members (excludes halogenated alkanes) is 32. The van der Waals surface area contributed by atoms with Gasteiger partial charge in [-0.2, -0.15) is 0 Å². The first kappa shape index (κ1) is 63.6. The molecule has 384 valence electrons. The molecule has 66 heavy (non-hydrogen) atoms. The predicted octanol–water partition coefficient (Wildman–Crippen LogP) is 19.7. The van der Waals surface area contributed by atoms with Crippen LogP contribution in [0.15, 0.2) is 60.8 Å². The van der Waals surface area contributed by atoms with E-state index in [1.54, 1.807) is 0 Å². The van der Waals surface area contributed by atoms with Crippen molar-refractivity contribution in [3.05, 3.63) is 60.8 Å². The maximum absolute atomic E-state index is 12.8. The van der Waals surface area contributed by atoms with Gasteiger partial charge in [-0.15, -0.1) is 0 Å². The Morgan fingerprint density at radius 2 is 0.682 bits per heavy atom. The second kappa shape index (κ2) is 56.9. The second-order valence-electron chi connectivity index (χ2n) is 19.2. The molecule has 5 heteroatoms. The minimum atomic E-state index is -0.551. The van der Waals surface area contributed by atoms with Crippen LogP contribution < -0.4 is 0 Å². The molecule has 0 aromatic rings. The molecular weight excluding hydrogens is 813 g/mol. The van der Waals surface area contributed by atoms with Gasteiger partial charge < -0.3 is 14.2 Å². The highest BCUT2D eigenvalue weighted by molar-refractivity contribution is 5.70. The van der Waals surface area contributed by atoms with Crippen molar-refractivity contribution in [2.24, 2.45) is 0 Å². The van der Waals surface area contributed by atoms with E-state index in [2.05, 4.69) is 81.5 Å². The molecule has 0 saturated carbocycles. The quantitative estimate of drug-likeness (QED) is 0.0346. The van der Waals surface area contributed by atoms with Crippen LogP contribution in [-0.2, 0) is 23.8 Å². The Balaban J connectivity index is 4.27. The smallest absolute Gasteiger partial charge is 0.306 e. The third-order valence-corrected chi connectivity index (χ3v) is 12.5. The monoisotopic (exact) mass is 923 g/mol. The molecule has 0 fully saturated rings. The van der Waals surface area contributed by atoms with Crippen LogP contribution >= 0.6 is 0 Å². The summed E-state index contributed by atoms with van der Waals surface area (Å²) in [5.74, 6) is -0.414. The molecule has 0 rings (SSSR count). The molecule has 1 unspecified atom stereocenters. The number of esters is 2. The SMILES string of the molecule is CC/C=C\C/C=C\C/C=C\C/C=C\CCCCCCC(=O)OC(COCCCCCCCC/C=C\CCCCCC)COC(=O)CCCCCCCCCCCCCCCCCCCCC. The maximum Gasteiger partial charge on any atom is 0.306 e. The Morgan fingerprint density at radius 1 is 0.348 bits per heavy atom. The Hall–Kier alpha value is -2.40. The average Bonchev–Trinajstić information content (AvgIpc) is 3.32. The van der Waals surface area contributed by atoms with Crippen molar-refractivity contribution in [1.29, 1.82) is 0 Å². The molecule has 0 aliphatic carbocycles. The fourth-order valence-corrected chi connectivity index (χ4v) is 8.26. The molecule has 0 heterocycles. The molecule has 0 aliphatic heterocycles. The van der Waals surface area contributed by atoms with Gasteiger partial charge in [0.1, 0.15) is 6.61 Å². The summed E-state index contributed by atoms with van der Waals surface area (Å²) in [6, 6.07) is 0. The van der Waals surface area contributed by atoms with Crippen molar-refractivity contribution in [3.8, 4) is 0 Å². The molecule has 0 aromatic carbocycles. The molecule has 0 radical (unpaired) electrons. The van der Waals surface area contributed by atoms with Gasteiger partial charge in [0.15, 0.2) is 6.10 Å². The maximum atomic E-state index is 12.8. The third kappa shape index (κ3) is 54.2. The molecule has 1 atom stereocenters. The summed E-state index contributed by atoms with van der Waals surface area (Å²) < 4.78 is 17.5. The van der Waals surface area contributed by atoms with E-state index in [4.69, 9.17) is 14.2 Å². The van der Waals surface area contributed by atoms with Crippen LogP contribution in [0.4, 0.5) is 0 Å². The topological polar surface area (TPSA) is 61.8 Å². The zero-order chi connectivity index (χ0) is 47.7. The molecule has 0 aliphatic rings. The number of carbonyl (C=O) groups is 2. The Kier molecular flexibility index (Phi) is 54.9. The van der Waals surface area contributed by atoms with E-state index >= 15 is 0 Å². The van der Waals surface area contributed by atoms with Gasteiger partial charge in [-0.1, -0.05) is 255 Å². The van der Waals surface area contributed by atoms with Crippen LogP contribution in [0.2, 0.25) is 0 Å². The average molecular weight is 924 g/mol. The van der Waals surface area contributed by atoms with Gasteiger partial charge in [0.25, 0.3) is 0 Å². The van der Waals surface area contributed by atoms with Gasteiger partial charge in [-0.25, -0.2) is 0 Å². The first-order valence-electron chi connectivity index (χ1n) is 28.8. The van der Waals surface area contributed by atoms with Crippen molar-refractivity contribution in [2.45, 2.75) is 297 Å². The second-order valence-corrected chi connectivity index (χ2v) is 19.2. The molecule has 5 nitrogen and oxygen atoms in total. The van der Waals surface area contributed by atoms with Crippen molar-refractivity contribution in [1.82, 2.24) is 0 Å². The fraction of sp³-hybridized carbons (Fsp3) is 0.803. The van der Waals surface area contributed by atoms with Crippen LogP contribution in [-0.4, -0.2) is 37.9 Å². The van der Waals surface area contributed by atoms with E-state index in [9.17, 15) is 9.59 Å². The van der Waals surface area contributed by atoms with Gasteiger partial charge in [0.05, 0.1) is 6.61 Å². The van der Waals surface area contributed by atoms with Gasteiger partial charge in [0, 0.05) is 19.4 Å². The minimum absolute atomic E-state index is 0.0752. The highest BCUT2D eigenvalue weighted by Gasteiger charge is 2.17. The lowest BCUT2D eigenvalue weighted by molar-refractivity contribution is -0.163. The van der Waals surface area contributed by atoms with Crippen LogP contribution in [0.1, 0.15) is 290 Å². The molecular formula is C61H110O5. The van der Waals surface area contributed by atoms with Gasteiger partial charge >= 0.3 is 11.9 Å². The van der Waals surface area contributed by atoms with E-state index in [0.717, 1.165) is 83.5 Å². The van der Waals surface area contributed by atoms with E-state index in [0.29, 0.717) is 19.4 Å². The Labute approximate surface area is 411 Å². The molecule has 0 spiro atoms. The number of rotatable bonds is 53. The summed E-state index contributed by atoms with van der Waals surface area (Å²) in [7, 11) is 0. The minimum Gasteiger partial charge on any atom is -0.462 e. The van der Waals surface area contributed by atoms with Crippen molar-refractivity contribution < 1.29 is 23.8 Å².